The molecule has 9 heteroatoms. The molecule has 0 heterocycles. The molecule has 5 aromatic carbocycles. The molecule has 0 aliphatic rings. The van der Waals surface area contributed by atoms with Crippen LogP contribution in [0.25, 0.3) is 0 Å². The molecule has 0 aliphatic heterocycles. The number of anilines is 3. The zero-order valence-electron chi connectivity index (χ0n) is 24.6. The maximum absolute atomic E-state index is 13.0. The van der Waals surface area contributed by atoms with E-state index in [0.29, 0.717) is 28.6 Å². The first kappa shape index (κ1) is 30.7. The Morgan fingerprint density at radius 1 is 0.750 bits per heavy atom. The van der Waals surface area contributed by atoms with E-state index < -0.39 is 17.0 Å². The second-order valence-electron chi connectivity index (χ2n) is 10.0. The first-order valence-electron chi connectivity index (χ1n) is 13.9. The number of carbonyl (C=O) groups is 1. The summed E-state index contributed by atoms with van der Waals surface area (Å²) in [5, 5.41) is 3.52. The predicted molar refractivity (Wildman–Crippen MR) is 180 cm³/mol. The van der Waals surface area contributed by atoms with Gasteiger partial charge in [-0.15, -0.1) is 0 Å². The Balaban J connectivity index is 1.37. The summed E-state index contributed by atoms with van der Waals surface area (Å²) >= 11 is 1.53. The monoisotopic (exact) mass is 623 g/mol. The molecule has 0 bridgehead atoms. The largest absolute Gasteiger partial charge is 0.465 e. The molecule has 5 rings (SSSR count). The second-order valence-corrected chi connectivity index (χ2v) is 12.1. The Labute approximate surface area is 264 Å². The van der Waals surface area contributed by atoms with Gasteiger partial charge in [-0.1, -0.05) is 65.7 Å². The third-order valence-corrected chi connectivity index (χ3v) is 8.62. The van der Waals surface area contributed by atoms with Gasteiger partial charge in [-0.05, 0) is 86.0 Å². The van der Waals surface area contributed by atoms with Gasteiger partial charge in [-0.3, -0.25) is 0 Å². The van der Waals surface area contributed by atoms with Gasteiger partial charge in [0.1, 0.15) is 22.5 Å². The van der Waals surface area contributed by atoms with Crippen LogP contribution in [0.2, 0.25) is 0 Å². The molecule has 5 aromatic rings. The highest BCUT2D eigenvalue weighted by molar-refractivity contribution is 8.00. The third-order valence-electron chi connectivity index (χ3n) is 6.69. The van der Waals surface area contributed by atoms with Crippen LogP contribution in [-0.2, 0) is 22.3 Å². The Morgan fingerprint density at radius 3 is 2.07 bits per heavy atom. The van der Waals surface area contributed by atoms with Crippen molar-refractivity contribution in [2.45, 2.75) is 30.2 Å². The number of ether oxygens (including phenoxy) is 2. The van der Waals surface area contributed by atoms with Crippen molar-refractivity contribution < 1.29 is 18.5 Å². The van der Waals surface area contributed by atoms with E-state index in [0.717, 1.165) is 27.4 Å². The van der Waals surface area contributed by atoms with Gasteiger partial charge in [0.05, 0.1) is 34.6 Å². The average Bonchev–Trinajstić information content (AvgIpc) is 3.05. The molecule has 0 aromatic heterocycles. The highest BCUT2D eigenvalue weighted by Crippen LogP contribution is 2.34. The van der Waals surface area contributed by atoms with Gasteiger partial charge in [-0.25, -0.2) is 9.00 Å². The van der Waals surface area contributed by atoms with E-state index >= 15 is 0 Å². The van der Waals surface area contributed by atoms with Crippen molar-refractivity contribution in [2.24, 2.45) is 0 Å². The second kappa shape index (κ2) is 14.6. The standard InChI is InChI=1S/C35H33N3O4S2/c1-24-9-15-29(16-10-24)43-37-33-20-14-28(22-34(33)36-23-26-7-5-4-6-8-26)42-27-13-19-32(31(21-27)35(39)41-3)38-44(40)30-17-11-25(2)12-18-30/h4-22,36-38H,23H2,1-3H3. The summed E-state index contributed by atoms with van der Waals surface area (Å²) in [6.45, 7) is 4.65. The van der Waals surface area contributed by atoms with Crippen molar-refractivity contribution in [3.63, 3.8) is 0 Å². The number of methoxy groups -OCH3 is 1. The lowest BCUT2D eigenvalue weighted by atomic mass is 10.1. The zero-order valence-corrected chi connectivity index (χ0v) is 26.3. The third kappa shape index (κ3) is 8.21. The lowest BCUT2D eigenvalue weighted by Crippen LogP contribution is -2.11. The topological polar surface area (TPSA) is 88.7 Å². The molecule has 0 fully saturated rings. The number of hydrogen-bond donors (Lipinski definition) is 3. The summed E-state index contributed by atoms with van der Waals surface area (Å²) in [4.78, 5) is 14.4. The molecular formula is C35H33N3O4S2. The summed E-state index contributed by atoms with van der Waals surface area (Å²) in [5.74, 6) is 0.434. The number of carbonyl (C=O) groups excluding carboxylic acids is 1. The molecule has 224 valence electrons. The van der Waals surface area contributed by atoms with E-state index in [1.165, 1.54) is 24.6 Å². The van der Waals surface area contributed by atoms with Crippen molar-refractivity contribution in [1.29, 1.82) is 0 Å². The van der Waals surface area contributed by atoms with Crippen LogP contribution in [0, 0.1) is 13.8 Å². The highest BCUT2D eigenvalue weighted by atomic mass is 32.2. The number of hydrogen-bond acceptors (Lipinski definition) is 7. The van der Waals surface area contributed by atoms with Crippen LogP contribution < -0.4 is 19.5 Å². The van der Waals surface area contributed by atoms with E-state index in [1.807, 2.05) is 55.5 Å². The van der Waals surface area contributed by atoms with Crippen LogP contribution in [0.4, 0.5) is 17.1 Å². The summed E-state index contributed by atoms with van der Waals surface area (Å²) in [6, 6.07) is 36.5. The van der Waals surface area contributed by atoms with Crippen LogP contribution >= 0.6 is 11.9 Å². The van der Waals surface area contributed by atoms with Crippen molar-refractivity contribution in [2.75, 3.05) is 21.9 Å². The van der Waals surface area contributed by atoms with Crippen LogP contribution in [0.15, 0.2) is 125 Å². The molecule has 0 saturated carbocycles. The molecule has 1 unspecified atom stereocenters. The molecule has 1 atom stereocenters. The first-order chi connectivity index (χ1) is 21.4. The molecule has 44 heavy (non-hydrogen) atoms. The number of benzene rings is 5. The van der Waals surface area contributed by atoms with Crippen molar-refractivity contribution in [3.05, 3.63) is 138 Å². The number of esters is 1. The first-order valence-corrected chi connectivity index (χ1v) is 15.9. The van der Waals surface area contributed by atoms with Gasteiger partial charge in [0.2, 0.25) is 0 Å². The quantitative estimate of drug-likeness (QED) is 0.0946. The molecule has 0 saturated heterocycles. The van der Waals surface area contributed by atoms with Crippen molar-refractivity contribution in [1.82, 2.24) is 0 Å². The number of rotatable bonds is 12. The van der Waals surface area contributed by atoms with Crippen molar-refractivity contribution >= 4 is 46.0 Å². The minimum atomic E-state index is -1.57. The van der Waals surface area contributed by atoms with Gasteiger partial charge in [-0.2, -0.15) is 0 Å². The van der Waals surface area contributed by atoms with Gasteiger partial charge >= 0.3 is 5.97 Å². The smallest absolute Gasteiger partial charge is 0.340 e. The maximum atomic E-state index is 13.0. The molecule has 0 spiro atoms. The lowest BCUT2D eigenvalue weighted by Gasteiger charge is -2.16. The summed E-state index contributed by atoms with van der Waals surface area (Å²) in [5.41, 5.74) is 5.75. The molecule has 3 N–H and O–H groups in total. The van der Waals surface area contributed by atoms with Crippen LogP contribution in [0.3, 0.4) is 0 Å². The molecule has 0 radical (unpaired) electrons. The van der Waals surface area contributed by atoms with Crippen LogP contribution in [0.5, 0.6) is 11.5 Å². The Hall–Kier alpha value is -4.73. The highest BCUT2D eigenvalue weighted by Gasteiger charge is 2.17. The average molecular weight is 624 g/mol. The minimum absolute atomic E-state index is 0.209. The van der Waals surface area contributed by atoms with E-state index in [2.05, 4.69) is 58.1 Å². The van der Waals surface area contributed by atoms with Gasteiger partial charge in [0.15, 0.2) is 0 Å². The number of aryl methyl sites for hydroxylation is 2. The fraction of sp³-hybridized carbons (Fsp3) is 0.114. The lowest BCUT2D eigenvalue weighted by molar-refractivity contribution is 0.0601. The van der Waals surface area contributed by atoms with Gasteiger partial charge in [0.25, 0.3) is 0 Å². The van der Waals surface area contributed by atoms with Gasteiger partial charge in [0, 0.05) is 17.5 Å². The van der Waals surface area contributed by atoms with E-state index in [9.17, 15) is 9.00 Å². The van der Waals surface area contributed by atoms with Gasteiger partial charge < -0.3 is 24.2 Å². The molecule has 0 aliphatic carbocycles. The normalized spacial score (nSPS) is 11.3. The van der Waals surface area contributed by atoms with E-state index in [4.69, 9.17) is 9.47 Å². The number of nitrogens with one attached hydrogen (secondary N) is 3. The maximum Gasteiger partial charge on any atom is 0.340 e. The minimum Gasteiger partial charge on any atom is -0.465 e. The predicted octanol–water partition coefficient (Wildman–Crippen LogP) is 8.75. The van der Waals surface area contributed by atoms with Crippen LogP contribution in [0.1, 0.15) is 27.0 Å². The fourth-order valence-corrected chi connectivity index (χ4v) is 5.80. The summed E-state index contributed by atoms with van der Waals surface area (Å²) in [7, 11) is -0.266. The van der Waals surface area contributed by atoms with Crippen LogP contribution in [-0.4, -0.2) is 17.3 Å². The SMILES string of the molecule is COC(=O)c1cc(Oc2ccc(NSc3ccc(C)cc3)c(NCc3ccccc3)c2)ccc1NS(=O)c1ccc(C)cc1. The van der Waals surface area contributed by atoms with E-state index in [-0.39, 0.29) is 5.56 Å². The zero-order chi connectivity index (χ0) is 30.9. The van der Waals surface area contributed by atoms with Crippen molar-refractivity contribution in [3.8, 4) is 11.5 Å². The fourth-order valence-electron chi connectivity index (χ4n) is 4.25. The Morgan fingerprint density at radius 2 is 1.39 bits per heavy atom. The molecule has 0 amide bonds. The Kier molecular flexibility index (Phi) is 10.2. The molecule has 7 nitrogen and oxygen atoms in total. The summed E-state index contributed by atoms with van der Waals surface area (Å²) in [6.07, 6.45) is 0. The Bertz CT molecular complexity index is 1750. The molecular weight excluding hydrogens is 591 g/mol. The summed E-state index contributed by atoms with van der Waals surface area (Å²) < 4.78 is 30.6. The van der Waals surface area contributed by atoms with E-state index in [1.54, 1.807) is 30.3 Å².